The third kappa shape index (κ3) is 4.64. The molecule has 0 aliphatic rings. The Balaban J connectivity index is 1.87. The average Bonchev–Trinajstić information content (AvgIpc) is 3.12. The van der Waals surface area contributed by atoms with E-state index in [1.807, 2.05) is 6.92 Å². The van der Waals surface area contributed by atoms with E-state index in [1.54, 1.807) is 24.3 Å². The summed E-state index contributed by atoms with van der Waals surface area (Å²) < 4.78 is 40.4. The van der Waals surface area contributed by atoms with Gasteiger partial charge in [-0.15, -0.1) is 11.3 Å². The Labute approximate surface area is 199 Å². The molecule has 33 heavy (non-hydrogen) atoms. The fourth-order valence-corrected chi connectivity index (χ4v) is 6.24. The number of sulfone groups is 1. The quantitative estimate of drug-likeness (QED) is 0.306. The first-order valence-electron chi connectivity index (χ1n) is 9.73. The van der Waals surface area contributed by atoms with Crippen molar-refractivity contribution in [2.24, 2.45) is 0 Å². The molecule has 5 nitrogen and oxygen atoms in total. The first-order chi connectivity index (χ1) is 15.7. The number of benzene rings is 3. The normalized spacial score (nSPS) is 11.4. The molecule has 168 valence electrons. The number of carbonyl (C=O) groups excluding carboxylic acids is 1. The molecule has 0 bridgehead atoms. The molecule has 0 radical (unpaired) electrons. The highest BCUT2D eigenvalue weighted by atomic mass is 35.5. The molecule has 9 heteroatoms. The molecule has 3 aromatic carbocycles. The summed E-state index contributed by atoms with van der Waals surface area (Å²) in [4.78, 5) is 13.0. The number of anilines is 3. The molecule has 1 heterocycles. The Bertz CT molecular complexity index is 1430. The Morgan fingerprint density at radius 2 is 1.58 bits per heavy atom. The van der Waals surface area contributed by atoms with Crippen molar-refractivity contribution in [1.29, 1.82) is 0 Å². The van der Waals surface area contributed by atoms with Crippen LogP contribution in [0.3, 0.4) is 0 Å². The van der Waals surface area contributed by atoms with Crippen molar-refractivity contribution in [3.63, 3.8) is 0 Å². The Hall–Kier alpha value is -3.20. The Morgan fingerprint density at radius 3 is 2.18 bits per heavy atom. The lowest BCUT2D eigenvalue weighted by molar-refractivity contribution is 0.104. The highest BCUT2D eigenvalue weighted by Crippen LogP contribution is 2.44. The van der Waals surface area contributed by atoms with Crippen molar-refractivity contribution >= 4 is 54.9 Å². The summed E-state index contributed by atoms with van der Waals surface area (Å²) in [5, 5.41) is 3.52. The van der Waals surface area contributed by atoms with Crippen molar-refractivity contribution in [2.45, 2.75) is 16.7 Å². The van der Waals surface area contributed by atoms with Crippen LogP contribution in [0.1, 0.15) is 20.8 Å². The van der Waals surface area contributed by atoms with Crippen LogP contribution in [0.5, 0.6) is 0 Å². The number of hydrogen-bond acceptors (Lipinski definition) is 6. The third-order valence-corrected chi connectivity index (χ3v) is 8.27. The van der Waals surface area contributed by atoms with Gasteiger partial charge >= 0.3 is 0 Å². The lowest BCUT2D eigenvalue weighted by Gasteiger charge is -2.10. The van der Waals surface area contributed by atoms with Gasteiger partial charge in [0.05, 0.1) is 10.6 Å². The SMILES string of the molecule is Cc1ccc(C(=O)c2sc(Nc3ccc(F)cc3)c(S(=O)(=O)c3ccc(Cl)cc3)c2N)cc1. The van der Waals surface area contributed by atoms with Gasteiger partial charge in [-0.25, -0.2) is 12.8 Å². The van der Waals surface area contributed by atoms with Crippen LogP contribution >= 0.6 is 22.9 Å². The molecular formula is C24H18ClFN2O3S2. The summed E-state index contributed by atoms with van der Waals surface area (Å²) in [6.45, 7) is 1.90. The van der Waals surface area contributed by atoms with Crippen LogP contribution < -0.4 is 11.1 Å². The summed E-state index contributed by atoms with van der Waals surface area (Å²) in [5.41, 5.74) is 7.95. The Morgan fingerprint density at radius 1 is 0.970 bits per heavy atom. The largest absolute Gasteiger partial charge is 0.396 e. The zero-order valence-electron chi connectivity index (χ0n) is 17.3. The molecule has 0 saturated heterocycles. The molecular weight excluding hydrogens is 483 g/mol. The lowest BCUT2D eigenvalue weighted by Crippen LogP contribution is -2.08. The molecule has 0 aliphatic carbocycles. The number of halogens is 2. The molecule has 0 unspecified atom stereocenters. The molecule has 0 spiro atoms. The van der Waals surface area contributed by atoms with Crippen LogP contribution in [0, 0.1) is 12.7 Å². The summed E-state index contributed by atoms with van der Waals surface area (Å²) in [5.74, 6) is -0.826. The van der Waals surface area contributed by atoms with Gasteiger partial charge in [0.25, 0.3) is 0 Å². The van der Waals surface area contributed by atoms with Crippen LogP contribution in [0.25, 0.3) is 0 Å². The molecule has 0 atom stereocenters. The van der Waals surface area contributed by atoms with Crippen LogP contribution in [-0.2, 0) is 9.84 Å². The second-order valence-corrected chi connectivity index (χ2v) is 10.6. The number of rotatable bonds is 6. The zero-order chi connectivity index (χ0) is 23.8. The molecule has 0 fully saturated rings. The number of hydrogen-bond donors (Lipinski definition) is 2. The van der Waals surface area contributed by atoms with Gasteiger partial charge < -0.3 is 11.1 Å². The fraction of sp³-hybridized carbons (Fsp3) is 0.0417. The number of nitrogens with two attached hydrogens (primary N) is 1. The second kappa shape index (κ2) is 8.97. The van der Waals surface area contributed by atoms with Gasteiger partial charge in [-0.2, -0.15) is 0 Å². The third-order valence-electron chi connectivity index (χ3n) is 4.91. The van der Waals surface area contributed by atoms with E-state index in [9.17, 15) is 17.6 Å². The number of nitrogen functional groups attached to an aromatic ring is 1. The summed E-state index contributed by atoms with van der Waals surface area (Å²) in [7, 11) is -4.11. The minimum Gasteiger partial charge on any atom is -0.396 e. The predicted octanol–water partition coefficient (Wildman–Crippen LogP) is 6.24. The maximum atomic E-state index is 13.5. The first kappa shape index (κ1) is 23.0. The standard InChI is InChI=1S/C24H18ClFN2O3S2/c1-14-2-4-15(5-3-14)21(29)22-20(27)23(33(30,31)19-12-6-16(25)7-13-19)24(32-22)28-18-10-8-17(26)9-11-18/h2-13,28H,27H2,1H3. The van der Waals surface area contributed by atoms with Crippen molar-refractivity contribution in [3.05, 3.63) is 99.6 Å². The number of nitrogens with one attached hydrogen (secondary N) is 1. The van der Waals surface area contributed by atoms with Gasteiger partial charge in [-0.1, -0.05) is 41.4 Å². The van der Waals surface area contributed by atoms with Crippen molar-refractivity contribution in [2.75, 3.05) is 11.1 Å². The Kier molecular flexibility index (Phi) is 6.25. The average molecular weight is 501 g/mol. The van der Waals surface area contributed by atoms with E-state index in [-0.39, 0.29) is 25.4 Å². The van der Waals surface area contributed by atoms with Crippen LogP contribution in [0.15, 0.2) is 82.6 Å². The van der Waals surface area contributed by atoms with Crippen LogP contribution in [0.4, 0.5) is 20.8 Å². The molecule has 0 amide bonds. The van der Waals surface area contributed by atoms with Crippen LogP contribution in [-0.4, -0.2) is 14.2 Å². The lowest BCUT2D eigenvalue weighted by atomic mass is 10.1. The molecule has 0 saturated carbocycles. The van der Waals surface area contributed by atoms with Crippen molar-refractivity contribution < 1.29 is 17.6 Å². The molecule has 4 rings (SSSR count). The van der Waals surface area contributed by atoms with Gasteiger partial charge in [0.1, 0.15) is 20.6 Å². The molecule has 3 N–H and O–H groups in total. The van der Waals surface area contributed by atoms with Gasteiger partial charge in [0, 0.05) is 16.3 Å². The number of aryl methyl sites for hydroxylation is 1. The van der Waals surface area contributed by atoms with Gasteiger partial charge in [0.2, 0.25) is 15.6 Å². The predicted molar refractivity (Wildman–Crippen MR) is 130 cm³/mol. The number of thiophene rings is 1. The minimum atomic E-state index is -4.11. The molecule has 4 aromatic rings. The second-order valence-electron chi connectivity index (χ2n) is 7.29. The summed E-state index contributed by atoms with van der Waals surface area (Å²) in [6, 6.07) is 18.0. The monoisotopic (exact) mass is 500 g/mol. The minimum absolute atomic E-state index is 0.0205. The van der Waals surface area contributed by atoms with E-state index in [0.717, 1.165) is 16.9 Å². The fourth-order valence-electron chi connectivity index (χ4n) is 3.18. The van der Waals surface area contributed by atoms with Gasteiger partial charge in [-0.05, 0) is 55.5 Å². The summed E-state index contributed by atoms with van der Waals surface area (Å²) >= 11 is 6.84. The van der Waals surface area contributed by atoms with E-state index in [4.69, 9.17) is 17.3 Å². The molecule has 1 aromatic heterocycles. The van der Waals surface area contributed by atoms with E-state index >= 15 is 0 Å². The smallest absolute Gasteiger partial charge is 0.211 e. The summed E-state index contributed by atoms with van der Waals surface area (Å²) in [6.07, 6.45) is 0. The van der Waals surface area contributed by atoms with E-state index in [1.165, 1.54) is 48.5 Å². The van der Waals surface area contributed by atoms with Gasteiger partial charge in [-0.3, -0.25) is 4.79 Å². The molecule has 0 aliphatic heterocycles. The van der Waals surface area contributed by atoms with E-state index in [0.29, 0.717) is 16.3 Å². The topological polar surface area (TPSA) is 89.3 Å². The van der Waals surface area contributed by atoms with E-state index in [2.05, 4.69) is 5.32 Å². The van der Waals surface area contributed by atoms with Gasteiger partial charge in [0.15, 0.2) is 0 Å². The number of ketones is 1. The van der Waals surface area contributed by atoms with Crippen molar-refractivity contribution in [3.8, 4) is 0 Å². The zero-order valence-corrected chi connectivity index (χ0v) is 19.7. The highest BCUT2D eigenvalue weighted by molar-refractivity contribution is 7.92. The van der Waals surface area contributed by atoms with Crippen molar-refractivity contribution in [1.82, 2.24) is 0 Å². The number of carbonyl (C=O) groups is 1. The van der Waals surface area contributed by atoms with E-state index < -0.39 is 21.4 Å². The highest BCUT2D eigenvalue weighted by Gasteiger charge is 2.31. The first-order valence-corrected chi connectivity index (χ1v) is 12.4. The maximum Gasteiger partial charge on any atom is 0.211 e. The van der Waals surface area contributed by atoms with Crippen LogP contribution in [0.2, 0.25) is 5.02 Å². The maximum absolute atomic E-state index is 13.5.